The van der Waals surface area contributed by atoms with Gasteiger partial charge in [-0.05, 0) is 13.0 Å². The summed E-state index contributed by atoms with van der Waals surface area (Å²) in [6, 6.07) is 7.73. The van der Waals surface area contributed by atoms with Gasteiger partial charge in [0.25, 0.3) is 0 Å². The maximum absolute atomic E-state index is 5.94. The first-order valence-corrected chi connectivity index (χ1v) is 7.29. The summed E-state index contributed by atoms with van der Waals surface area (Å²) in [5, 5.41) is 7.42. The van der Waals surface area contributed by atoms with Crippen LogP contribution in [-0.2, 0) is 20.1 Å². The summed E-state index contributed by atoms with van der Waals surface area (Å²) in [4.78, 5) is 4.35. The highest BCUT2D eigenvalue weighted by Gasteiger charge is 2.13. The van der Waals surface area contributed by atoms with Crippen LogP contribution in [0.5, 0.6) is 11.6 Å². The number of nitrogens with zero attached hydrogens (tertiary/aromatic N) is 3. The van der Waals surface area contributed by atoms with Crippen LogP contribution in [0.2, 0.25) is 0 Å². The van der Waals surface area contributed by atoms with Gasteiger partial charge in [0.15, 0.2) is 5.96 Å². The van der Waals surface area contributed by atoms with E-state index in [0.29, 0.717) is 24.9 Å². The van der Waals surface area contributed by atoms with E-state index in [-0.39, 0.29) is 0 Å². The van der Waals surface area contributed by atoms with Crippen LogP contribution >= 0.6 is 0 Å². The Kier molecular flexibility index (Phi) is 5.46. The van der Waals surface area contributed by atoms with E-state index in [1.165, 1.54) is 0 Å². The average Bonchev–Trinajstić information content (AvgIpc) is 2.83. The van der Waals surface area contributed by atoms with Crippen molar-refractivity contribution in [2.24, 2.45) is 17.8 Å². The van der Waals surface area contributed by atoms with Gasteiger partial charge in [0.1, 0.15) is 5.75 Å². The standard InChI is InChI=1S/C16H23N5O2/c1-11-13(15(23-4)21(2)20-11)10-19-16(17)18-9-12-7-5-6-8-14(12)22-3/h5-8H,9-10H2,1-4H3,(H3,17,18,19). The molecule has 124 valence electrons. The van der Waals surface area contributed by atoms with Gasteiger partial charge in [-0.2, -0.15) is 5.10 Å². The van der Waals surface area contributed by atoms with Crippen LogP contribution in [0.15, 0.2) is 29.3 Å². The zero-order chi connectivity index (χ0) is 16.8. The molecule has 0 atom stereocenters. The summed E-state index contributed by atoms with van der Waals surface area (Å²) < 4.78 is 12.4. The predicted molar refractivity (Wildman–Crippen MR) is 89.7 cm³/mol. The number of rotatable bonds is 6. The molecule has 0 bridgehead atoms. The van der Waals surface area contributed by atoms with Crippen molar-refractivity contribution in [3.05, 3.63) is 41.1 Å². The van der Waals surface area contributed by atoms with Crippen LogP contribution < -0.4 is 20.5 Å². The molecular formula is C16H23N5O2. The molecule has 23 heavy (non-hydrogen) atoms. The lowest BCUT2D eigenvalue weighted by molar-refractivity contribution is 0.369. The van der Waals surface area contributed by atoms with Gasteiger partial charge in [-0.1, -0.05) is 18.2 Å². The van der Waals surface area contributed by atoms with Gasteiger partial charge >= 0.3 is 0 Å². The minimum Gasteiger partial charge on any atom is -0.496 e. The van der Waals surface area contributed by atoms with E-state index < -0.39 is 0 Å². The third-order valence-electron chi connectivity index (χ3n) is 3.54. The SMILES string of the molecule is COc1ccccc1CN=C(N)NCc1c(C)nn(C)c1OC. The Balaban J connectivity index is 2.01. The number of nitrogens with one attached hydrogen (secondary N) is 1. The fourth-order valence-corrected chi connectivity index (χ4v) is 2.38. The van der Waals surface area contributed by atoms with Gasteiger partial charge < -0.3 is 20.5 Å². The topological polar surface area (TPSA) is 86.7 Å². The molecule has 0 fully saturated rings. The summed E-state index contributed by atoms with van der Waals surface area (Å²) in [5.74, 6) is 1.88. The lowest BCUT2D eigenvalue weighted by Gasteiger charge is -2.09. The number of aliphatic imine (C=N–C) groups is 1. The van der Waals surface area contributed by atoms with Crippen LogP contribution in [0, 0.1) is 6.92 Å². The molecule has 2 aromatic rings. The number of ether oxygens (including phenoxy) is 2. The van der Waals surface area contributed by atoms with Crippen LogP contribution in [0.4, 0.5) is 0 Å². The molecule has 1 heterocycles. The molecule has 0 aliphatic heterocycles. The number of aromatic nitrogens is 2. The van der Waals surface area contributed by atoms with E-state index in [9.17, 15) is 0 Å². The van der Waals surface area contributed by atoms with Gasteiger partial charge in [0.05, 0.1) is 38.6 Å². The third-order valence-corrected chi connectivity index (χ3v) is 3.54. The van der Waals surface area contributed by atoms with Crippen molar-refractivity contribution in [1.82, 2.24) is 15.1 Å². The summed E-state index contributed by atoms with van der Waals surface area (Å²) >= 11 is 0. The molecule has 3 N–H and O–H groups in total. The van der Waals surface area contributed by atoms with Crippen molar-refractivity contribution in [3.8, 4) is 11.6 Å². The van der Waals surface area contributed by atoms with Crippen LogP contribution in [0.1, 0.15) is 16.8 Å². The number of guanidine groups is 1. The molecule has 0 aliphatic carbocycles. The van der Waals surface area contributed by atoms with E-state index in [1.807, 2.05) is 38.2 Å². The number of benzene rings is 1. The van der Waals surface area contributed by atoms with Crippen molar-refractivity contribution >= 4 is 5.96 Å². The monoisotopic (exact) mass is 317 g/mol. The van der Waals surface area contributed by atoms with E-state index >= 15 is 0 Å². The highest BCUT2D eigenvalue weighted by atomic mass is 16.5. The molecular weight excluding hydrogens is 294 g/mol. The zero-order valence-electron chi connectivity index (χ0n) is 14.0. The number of para-hydroxylation sites is 1. The van der Waals surface area contributed by atoms with E-state index in [4.69, 9.17) is 15.2 Å². The third kappa shape index (κ3) is 3.94. The van der Waals surface area contributed by atoms with Crippen molar-refractivity contribution < 1.29 is 9.47 Å². The van der Waals surface area contributed by atoms with Crippen molar-refractivity contribution in [2.75, 3.05) is 14.2 Å². The van der Waals surface area contributed by atoms with Gasteiger partial charge in [-0.3, -0.25) is 0 Å². The first-order chi connectivity index (χ1) is 11.1. The highest BCUT2D eigenvalue weighted by Crippen LogP contribution is 2.20. The zero-order valence-corrected chi connectivity index (χ0v) is 14.0. The molecule has 0 amide bonds. The first-order valence-electron chi connectivity index (χ1n) is 7.29. The largest absolute Gasteiger partial charge is 0.496 e. The predicted octanol–water partition coefficient (Wildman–Crippen LogP) is 1.35. The summed E-state index contributed by atoms with van der Waals surface area (Å²) in [6.45, 7) is 2.89. The molecule has 1 aromatic heterocycles. The molecule has 0 aliphatic rings. The molecule has 7 heteroatoms. The molecule has 0 spiro atoms. The number of aryl methyl sites for hydroxylation is 2. The molecule has 2 rings (SSSR count). The first kappa shape index (κ1) is 16.7. The Hall–Kier alpha value is -2.70. The highest BCUT2D eigenvalue weighted by molar-refractivity contribution is 5.77. The van der Waals surface area contributed by atoms with E-state index in [0.717, 1.165) is 22.6 Å². The van der Waals surface area contributed by atoms with Gasteiger partial charge in [-0.15, -0.1) is 0 Å². The quantitative estimate of drug-likeness (QED) is 0.620. The van der Waals surface area contributed by atoms with Gasteiger partial charge in [0, 0.05) is 12.6 Å². The van der Waals surface area contributed by atoms with E-state index in [2.05, 4.69) is 15.4 Å². The number of hydrogen-bond acceptors (Lipinski definition) is 4. The summed E-state index contributed by atoms with van der Waals surface area (Å²) in [6.07, 6.45) is 0. The van der Waals surface area contributed by atoms with Crippen molar-refractivity contribution in [1.29, 1.82) is 0 Å². The summed E-state index contributed by atoms with van der Waals surface area (Å²) in [7, 11) is 5.11. The minimum absolute atomic E-state index is 0.362. The van der Waals surface area contributed by atoms with E-state index in [1.54, 1.807) is 18.9 Å². The van der Waals surface area contributed by atoms with Crippen LogP contribution in [0.3, 0.4) is 0 Å². The van der Waals surface area contributed by atoms with Crippen molar-refractivity contribution in [2.45, 2.75) is 20.0 Å². The Bertz CT molecular complexity index is 694. The fourth-order valence-electron chi connectivity index (χ4n) is 2.38. The summed E-state index contributed by atoms with van der Waals surface area (Å²) in [5.41, 5.74) is 8.78. The Morgan fingerprint density at radius 2 is 2.04 bits per heavy atom. The van der Waals surface area contributed by atoms with Crippen LogP contribution in [-0.4, -0.2) is 30.0 Å². The average molecular weight is 317 g/mol. The smallest absolute Gasteiger partial charge is 0.216 e. The molecule has 1 aromatic carbocycles. The molecule has 0 saturated carbocycles. The number of nitrogens with two attached hydrogens (primary N) is 1. The Morgan fingerprint density at radius 1 is 1.30 bits per heavy atom. The van der Waals surface area contributed by atoms with Gasteiger partial charge in [-0.25, -0.2) is 9.67 Å². The van der Waals surface area contributed by atoms with Gasteiger partial charge in [0.2, 0.25) is 5.88 Å². The second kappa shape index (κ2) is 7.53. The molecule has 0 radical (unpaired) electrons. The normalized spacial score (nSPS) is 11.4. The maximum Gasteiger partial charge on any atom is 0.216 e. The molecule has 7 nitrogen and oxygen atoms in total. The Morgan fingerprint density at radius 3 is 2.74 bits per heavy atom. The molecule has 0 saturated heterocycles. The number of hydrogen-bond donors (Lipinski definition) is 2. The Labute approximate surface area is 136 Å². The lowest BCUT2D eigenvalue weighted by atomic mass is 10.2. The van der Waals surface area contributed by atoms with Crippen LogP contribution in [0.25, 0.3) is 0 Å². The fraction of sp³-hybridized carbons (Fsp3) is 0.375. The second-order valence-corrected chi connectivity index (χ2v) is 5.06. The minimum atomic E-state index is 0.362. The maximum atomic E-state index is 5.94. The molecule has 0 unspecified atom stereocenters. The van der Waals surface area contributed by atoms with Crippen molar-refractivity contribution in [3.63, 3.8) is 0 Å². The lowest BCUT2D eigenvalue weighted by Crippen LogP contribution is -2.31. The number of methoxy groups -OCH3 is 2. The second-order valence-electron chi connectivity index (χ2n) is 5.06.